The first kappa shape index (κ1) is 23.9. The third-order valence-corrected chi connectivity index (χ3v) is 7.67. The van der Waals surface area contributed by atoms with Gasteiger partial charge in [0.2, 0.25) is 10.0 Å². The molecule has 0 aromatic heterocycles. The minimum absolute atomic E-state index is 0.0737. The molecule has 0 bridgehead atoms. The molecule has 172 valence electrons. The Morgan fingerprint density at radius 1 is 1.16 bits per heavy atom. The maximum Gasteiger partial charge on any atom is 0.341 e. The molecule has 32 heavy (non-hydrogen) atoms. The van der Waals surface area contributed by atoms with Crippen LogP contribution in [0.2, 0.25) is 0 Å². The van der Waals surface area contributed by atoms with Gasteiger partial charge in [-0.25, -0.2) is 17.6 Å². The first-order chi connectivity index (χ1) is 15.2. The van der Waals surface area contributed by atoms with E-state index in [-0.39, 0.29) is 24.0 Å². The van der Waals surface area contributed by atoms with Crippen LogP contribution in [0.5, 0.6) is 0 Å². The fourth-order valence-electron chi connectivity index (χ4n) is 3.88. The molecule has 2 aromatic rings. The van der Waals surface area contributed by atoms with Gasteiger partial charge in [0.15, 0.2) is 6.61 Å². The van der Waals surface area contributed by atoms with Crippen LogP contribution < -0.4 is 4.90 Å². The number of anilines is 1. The Morgan fingerprint density at radius 3 is 2.53 bits per heavy atom. The largest absolute Gasteiger partial charge is 0.452 e. The van der Waals surface area contributed by atoms with Crippen LogP contribution in [0, 0.1) is 5.82 Å². The van der Waals surface area contributed by atoms with Crippen molar-refractivity contribution in [3.8, 4) is 0 Å². The lowest BCUT2D eigenvalue weighted by Gasteiger charge is -2.35. The number of esters is 1. The van der Waals surface area contributed by atoms with Crippen molar-refractivity contribution < 1.29 is 27.1 Å². The smallest absolute Gasteiger partial charge is 0.341 e. The van der Waals surface area contributed by atoms with E-state index >= 15 is 0 Å². The zero-order valence-electron chi connectivity index (χ0n) is 18.4. The molecule has 2 aromatic carbocycles. The monoisotopic (exact) mass is 462 g/mol. The van der Waals surface area contributed by atoms with Crippen molar-refractivity contribution >= 4 is 27.6 Å². The first-order valence-electron chi connectivity index (χ1n) is 10.6. The molecule has 0 fully saturated rings. The molecular formula is C23H27FN2O5S. The molecule has 1 amide bonds. The van der Waals surface area contributed by atoms with E-state index in [4.69, 9.17) is 4.74 Å². The summed E-state index contributed by atoms with van der Waals surface area (Å²) < 4.78 is 46.0. The Balaban J connectivity index is 1.78. The summed E-state index contributed by atoms with van der Waals surface area (Å²) in [7, 11) is -3.88. The van der Waals surface area contributed by atoms with Crippen molar-refractivity contribution in [3.05, 3.63) is 59.4 Å². The summed E-state index contributed by atoms with van der Waals surface area (Å²) in [6.45, 7) is 5.18. The minimum Gasteiger partial charge on any atom is -0.452 e. The van der Waals surface area contributed by atoms with Gasteiger partial charge in [-0.1, -0.05) is 32.0 Å². The third-order valence-electron chi connectivity index (χ3n) is 5.62. The summed E-state index contributed by atoms with van der Waals surface area (Å²) in [5.41, 5.74) is 1.27. The quantitative estimate of drug-likeness (QED) is 0.589. The van der Waals surface area contributed by atoms with Crippen molar-refractivity contribution in [2.75, 3.05) is 24.6 Å². The summed E-state index contributed by atoms with van der Waals surface area (Å²) in [6, 6.07) is 10.4. The van der Waals surface area contributed by atoms with Crippen LogP contribution in [-0.4, -0.2) is 50.3 Å². The second kappa shape index (κ2) is 9.79. The van der Waals surface area contributed by atoms with Crippen molar-refractivity contribution in [1.82, 2.24) is 4.31 Å². The first-order valence-corrected chi connectivity index (χ1v) is 12.0. The number of halogens is 1. The average Bonchev–Trinajstić information content (AvgIpc) is 2.78. The third kappa shape index (κ3) is 4.68. The summed E-state index contributed by atoms with van der Waals surface area (Å²) >= 11 is 0. The molecule has 0 saturated carbocycles. The number of benzene rings is 2. The van der Waals surface area contributed by atoms with Crippen LogP contribution in [0.1, 0.15) is 43.1 Å². The van der Waals surface area contributed by atoms with Crippen LogP contribution in [-0.2, 0) is 26.0 Å². The highest BCUT2D eigenvalue weighted by Crippen LogP contribution is 2.30. The van der Waals surface area contributed by atoms with Crippen LogP contribution >= 0.6 is 0 Å². The predicted octanol–water partition coefficient (Wildman–Crippen LogP) is 3.38. The number of rotatable bonds is 7. The van der Waals surface area contributed by atoms with Gasteiger partial charge in [0, 0.05) is 24.8 Å². The molecule has 3 rings (SSSR count). The Morgan fingerprint density at radius 2 is 1.84 bits per heavy atom. The maximum absolute atomic E-state index is 14.3. The number of ether oxygens (including phenoxy) is 1. The second-order valence-electron chi connectivity index (χ2n) is 7.59. The van der Waals surface area contributed by atoms with Gasteiger partial charge in [0.1, 0.15) is 5.82 Å². The van der Waals surface area contributed by atoms with Crippen LogP contribution in [0.3, 0.4) is 0 Å². The molecule has 1 unspecified atom stereocenters. The van der Waals surface area contributed by atoms with E-state index < -0.39 is 39.9 Å². The standard InChI is InChI=1S/C23H27FN2O5S/c1-4-25(5-2)32(29,30)18-12-13-20(24)19(14-18)23(28)31-15-22(27)26-16(3)10-11-17-8-6-7-9-21(17)26/h6-9,12-14,16H,4-5,10-11,15H2,1-3H3. The van der Waals surface area contributed by atoms with Crippen LogP contribution in [0.4, 0.5) is 10.1 Å². The zero-order valence-corrected chi connectivity index (χ0v) is 19.2. The number of fused-ring (bicyclic) bond motifs is 1. The maximum atomic E-state index is 14.3. The van der Waals surface area contributed by atoms with Crippen molar-refractivity contribution in [3.63, 3.8) is 0 Å². The predicted molar refractivity (Wildman–Crippen MR) is 119 cm³/mol. The number of sulfonamides is 1. The fraction of sp³-hybridized carbons (Fsp3) is 0.391. The van der Waals surface area contributed by atoms with E-state index in [9.17, 15) is 22.4 Å². The Kier molecular flexibility index (Phi) is 7.30. The van der Waals surface area contributed by atoms with Gasteiger partial charge in [-0.2, -0.15) is 4.31 Å². The van der Waals surface area contributed by atoms with Crippen molar-refractivity contribution in [2.24, 2.45) is 0 Å². The van der Waals surface area contributed by atoms with E-state index in [0.717, 1.165) is 42.3 Å². The normalized spacial score (nSPS) is 16.0. The van der Waals surface area contributed by atoms with Gasteiger partial charge >= 0.3 is 5.97 Å². The van der Waals surface area contributed by atoms with Crippen LogP contribution in [0.15, 0.2) is 47.4 Å². The summed E-state index contributed by atoms with van der Waals surface area (Å²) in [5.74, 6) is -2.44. The lowest BCUT2D eigenvalue weighted by molar-refractivity contribution is -0.122. The number of amides is 1. The zero-order chi connectivity index (χ0) is 23.5. The number of carbonyl (C=O) groups is 2. The van der Waals surface area contributed by atoms with Gasteiger partial charge in [-0.15, -0.1) is 0 Å². The second-order valence-corrected chi connectivity index (χ2v) is 9.53. The minimum atomic E-state index is -3.88. The number of hydrogen-bond acceptors (Lipinski definition) is 5. The van der Waals surface area contributed by atoms with Gasteiger partial charge in [-0.3, -0.25) is 4.79 Å². The molecule has 9 heteroatoms. The van der Waals surface area contributed by atoms with E-state index in [2.05, 4.69) is 0 Å². The van der Waals surface area contributed by atoms with Crippen molar-refractivity contribution in [2.45, 2.75) is 44.6 Å². The summed E-state index contributed by atoms with van der Waals surface area (Å²) in [6.07, 6.45) is 1.62. The fourth-order valence-corrected chi connectivity index (χ4v) is 5.36. The van der Waals surface area contributed by atoms with Crippen LogP contribution in [0.25, 0.3) is 0 Å². The molecule has 1 aliphatic heterocycles. The number of carbonyl (C=O) groups excluding carboxylic acids is 2. The molecular weight excluding hydrogens is 435 g/mol. The van der Waals surface area contributed by atoms with Crippen molar-refractivity contribution in [1.29, 1.82) is 0 Å². The molecule has 1 heterocycles. The van der Waals surface area contributed by atoms with E-state index in [1.54, 1.807) is 18.7 Å². The SMILES string of the molecule is CCN(CC)S(=O)(=O)c1ccc(F)c(C(=O)OCC(=O)N2c3ccccc3CCC2C)c1. The molecule has 1 atom stereocenters. The number of hydrogen-bond donors (Lipinski definition) is 0. The number of aryl methyl sites for hydroxylation is 1. The number of nitrogens with zero attached hydrogens (tertiary/aromatic N) is 2. The van der Waals surface area contributed by atoms with E-state index in [0.29, 0.717) is 0 Å². The molecule has 0 spiro atoms. The molecule has 7 nitrogen and oxygen atoms in total. The Labute approximate surface area is 187 Å². The summed E-state index contributed by atoms with van der Waals surface area (Å²) in [5, 5.41) is 0. The van der Waals surface area contributed by atoms with Gasteiger partial charge in [-0.05, 0) is 49.6 Å². The highest BCUT2D eigenvalue weighted by atomic mass is 32.2. The number of para-hydroxylation sites is 1. The van der Waals surface area contributed by atoms with E-state index in [1.807, 2.05) is 31.2 Å². The highest BCUT2D eigenvalue weighted by molar-refractivity contribution is 7.89. The highest BCUT2D eigenvalue weighted by Gasteiger charge is 2.29. The topological polar surface area (TPSA) is 84.0 Å². The lowest BCUT2D eigenvalue weighted by Crippen LogP contribution is -2.44. The molecule has 0 aliphatic carbocycles. The average molecular weight is 463 g/mol. The summed E-state index contributed by atoms with van der Waals surface area (Å²) in [4.78, 5) is 26.7. The van der Waals surface area contributed by atoms with Gasteiger partial charge < -0.3 is 9.64 Å². The lowest BCUT2D eigenvalue weighted by atomic mass is 9.96. The Hall–Kier alpha value is -2.78. The molecule has 0 saturated heterocycles. The molecule has 1 aliphatic rings. The van der Waals surface area contributed by atoms with E-state index in [1.165, 1.54) is 4.31 Å². The Bertz CT molecular complexity index is 1120. The van der Waals surface area contributed by atoms with Gasteiger partial charge in [0.05, 0.1) is 10.5 Å². The molecule has 0 N–H and O–H groups in total. The molecule has 0 radical (unpaired) electrons. The van der Waals surface area contributed by atoms with Gasteiger partial charge in [0.25, 0.3) is 5.91 Å².